The molecular weight excluding hydrogens is 328 g/mol. The van der Waals surface area contributed by atoms with Gasteiger partial charge in [-0.05, 0) is 25.0 Å². The third-order valence-corrected chi connectivity index (χ3v) is 3.99. The summed E-state index contributed by atoms with van der Waals surface area (Å²) in [5.41, 5.74) is 0.396. The molecule has 1 atom stereocenters. The third kappa shape index (κ3) is 5.58. The van der Waals surface area contributed by atoms with Crippen molar-refractivity contribution >= 4 is 17.6 Å². The molecule has 6 nitrogen and oxygen atoms in total. The first-order chi connectivity index (χ1) is 12.0. The molecule has 1 amide bonds. The van der Waals surface area contributed by atoms with Crippen LogP contribution in [-0.4, -0.2) is 51.1 Å². The van der Waals surface area contributed by atoms with Gasteiger partial charge in [0.15, 0.2) is 5.96 Å². The van der Waals surface area contributed by atoms with E-state index < -0.39 is 11.6 Å². The molecule has 8 heteroatoms. The molecule has 2 rings (SSSR count). The van der Waals surface area contributed by atoms with Gasteiger partial charge in [0.25, 0.3) is 0 Å². The summed E-state index contributed by atoms with van der Waals surface area (Å²) >= 11 is 0. The average molecular weight is 353 g/mol. The summed E-state index contributed by atoms with van der Waals surface area (Å²) in [5, 5.41) is 8.97. The van der Waals surface area contributed by atoms with Crippen LogP contribution in [0.15, 0.2) is 23.2 Å². The summed E-state index contributed by atoms with van der Waals surface area (Å²) in [6.07, 6.45) is 1.68. The van der Waals surface area contributed by atoms with Gasteiger partial charge in [0.2, 0.25) is 5.91 Å². The molecule has 1 heterocycles. The Morgan fingerprint density at radius 2 is 2.16 bits per heavy atom. The highest BCUT2D eigenvalue weighted by molar-refractivity contribution is 5.86. The average Bonchev–Trinajstić information content (AvgIpc) is 3.04. The molecule has 1 aromatic rings. The molecular formula is C17H25F2N5O. The van der Waals surface area contributed by atoms with E-state index >= 15 is 0 Å². The maximum absolute atomic E-state index is 13.9. The minimum Gasteiger partial charge on any atom is -0.367 e. The Labute approximate surface area is 146 Å². The van der Waals surface area contributed by atoms with Crippen LogP contribution >= 0.6 is 0 Å². The van der Waals surface area contributed by atoms with Crippen LogP contribution in [0.2, 0.25) is 0 Å². The number of carbonyl (C=O) groups excluding carboxylic acids is 1. The number of anilines is 1. The van der Waals surface area contributed by atoms with Crippen molar-refractivity contribution < 1.29 is 13.6 Å². The van der Waals surface area contributed by atoms with Crippen molar-refractivity contribution in [2.75, 3.05) is 38.1 Å². The quantitative estimate of drug-likeness (QED) is 0.532. The van der Waals surface area contributed by atoms with Gasteiger partial charge in [0.1, 0.15) is 11.6 Å². The van der Waals surface area contributed by atoms with Crippen molar-refractivity contribution in [2.45, 2.75) is 25.8 Å². The van der Waals surface area contributed by atoms with E-state index in [2.05, 4.69) is 20.9 Å². The standard InChI is InChI=1S/C17H25F2N5O/c1-3-7-21-16(25)10-22-17(20-2)23-13-6-8-24(11-13)15-5-4-12(18)9-14(15)19/h4-5,9,13H,3,6-8,10-11H2,1-2H3,(H,21,25)(H2,20,22,23). The summed E-state index contributed by atoms with van der Waals surface area (Å²) in [4.78, 5) is 17.6. The number of halogens is 2. The minimum absolute atomic E-state index is 0.0642. The lowest BCUT2D eigenvalue weighted by Gasteiger charge is -2.20. The van der Waals surface area contributed by atoms with Crippen molar-refractivity contribution in [2.24, 2.45) is 4.99 Å². The highest BCUT2D eigenvalue weighted by Crippen LogP contribution is 2.24. The van der Waals surface area contributed by atoms with Gasteiger partial charge in [-0.15, -0.1) is 0 Å². The maximum atomic E-state index is 13.9. The fourth-order valence-corrected chi connectivity index (χ4v) is 2.71. The second-order valence-corrected chi connectivity index (χ2v) is 5.95. The molecule has 138 valence electrons. The van der Waals surface area contributed by atoms with Gasteiger partial charge in [-0.3, -0.25) is 9.79 Å². The Hall–Kier alpha value is -2.38. The molecule has 1 unspecified atom stereocenters. The van der Waals surface area contributed by atoms with E-state index in [0.717, 1.165) is 18.9 Å². The molecule has 0 radical (unpaired) electrons. The predicted octanol–water partition coefficient (Wildman–Crippen LogP) is 1.23. The number of aliphatic imine (C=N–C) groups is 1. The number of nitrogens with one attached hydrogen (secondary N) is 3. The molecule has 1 fully saturated rings. The molecule has 0 aliphatic carbocycles. The van der Waals surface area contributed by atoms with Gasteiger partial charge in [0, 0.05) is 38.8 Å². The zero-order valence-corrected chi connectivity index (χ0v) is 14.6. The second-order valence-electron chi connectivity index (χ2n) is 5.95. The summed E-state index contributed by atoms with van der Waals surface area (Å²) in [5.74, 6) is -0.707. The van der Waals surface area contributed by atoms with E-state index in [1.807, 2.05) is 11.8 Å². The number of amides is 1. The minimum atomic E-state index is -0.582. The van der Waals surface area contributed by atoms with E-state index in [4.69, 9.17) is 0 Å². The summed E-state index contributed by atoms with van der Waals surface area (Å²) in [6.45, 7) is 4.01. The number of nitrogens with zero attached hydrogens (tertiary/aromatic N) is 2. The monoisotopic (exact) mass is 353 g/mol. The van der Waals surface area contributed by atoms with Gasteiger partial charge in [-0.2, -0.15) is 0 Å². The van der Waals surface area contributed by atoms with Crippen molar-refractivity contribution in [3.8, 4) is 0 Å². The lowest BCUT2D eigenvalue weighted by molar-refractivity contribution is -0.120. The van der Waals surface area contributed by atoms with E-state index in [1.54, 1.807) is 7.05 Å². The van der Waals surface area contributed by atoms with Crippen LogP contribution in [0.5, 0.6) is 0 Å². The molecule has 0 aromatic heterocycles. The van der Waals surface area contributed by atoms with Gasteiger partial charge in [0.05, 0.1) is 12.2 Å². The van der Waals surface area contributed by atoms with Crippen LogP contribution in [0.25, 0.3) is 0 Å². The van der Waals surface area contributed by atoms with Gasteiger partial charge >= 0.3 is 0 Å². The van der Waals surface area contributed by atoms with Crippen molar-refractivity contribution in [3.05, 3.63) is 29.8 Å². The molecule has 1 saturated heterocycles. The lowest BCUT2D eigenvalue weighted by Crippen LogP contribution is -2.47. The zero-order valence-electron chi connectivity index (χ0n) is 14.6. The first-order valence-electron chi connectivity index (χ1n) is 8.47. The molecule has 1 aliphatic heterocycles. The van der Waals surface area contributed by atoms with Crippen molar-refractivity contribution in [3.63, 3.8) is 0 Å². The first-order valence-corrected chi connectivity index (χ1v) is 8.47. The molecule has 25 heavy (non-hydrogen) atoms. The fourth-order valence-electron chi connectivity index (χ4n) is 2.71. The third-order valence-electron chi connectivity index (χ3n) is 3.99. The Morgan fingerprint density at radius 1 is 1.36 bits per heavy atom. The highest BCUT2D eigenvalue weighted by atomic mass is 19.1. The molecule has 0 saturated carbocycles. The Kier molecular flexibility index (Phi) is 6.97. The number of hydrogen-bond acceptors (Lipinski definition) is 3. The molecule has 0 spiro atoms. The van der Waals surface area contributed by atoms with Crippen LogP contribution in [-0.2, 0) is 4.79 Å². The Morgan fingerprint density at radius 3 is 2.84 bits per heavy atom. The summed E-state index contributed by atoms with van der Waals surface area (Å²) < 4.78 is 26.9. The normalized spacial score (nSPS) is 17.5. The summed E-state index contributed by atoms with van der Waals surface area (Å²) in [7, 11) is 1.63. The van der Waals surface area contributed by atoms with E-state index in [1.165, 1.54) is 12.1 Å². The largest absolute Gasteiger partial charge is 0.367 e. The molecule has 1 aromatic carbocycles. The topological polar surface area (TPSA) is 68.8 Å². The predicted molar refractivity (Wildman–Crippen MR) is 94.8 cm³/mol. The number of rotatable bonds is 6. The number of benzene rings is 1. The smallest absolute Gasteiger partial charge is 0.239 e. The maximum Gasteiger partial charge on any atom is 0.239 e. The van der Waals surface area contributed by atoms with Crippen molar-refractivity contribution in [1.29, 1.82) is 0 Å². The van der Waals surface area contributed by atoms with Gasteiger partial charge < -0.3 is 20.9 Å². The molecule has 3 N–H and O–H groups in total. The Bertz CT molecular complexity index is 623. The zero-order chi connectivity index (χ0) is 18.2. The first kappa shape index (κ1) is 19.0. The van der Waals surface area contributed by atoms with E-state index in [0.29, 0.717) is 31.3 Å². The van der Waals surface area contributed by atoms with Crippen LogP contribution in [0.1, 0.15) is 19.8 Å². The fraction of sp³-hybridized carbons (Fsp3) is 0.529. The SMILES string of the molecule is CCCNC(=O)CNC(=NC)NC1CCN(c2ccc(F)cc2F)C1. The summed E-state index contributed by atoms with van der Waals surface area (Å²) in [6, 6.07) is 3.67. The van der Waals surface area contributed by atoms with Crippen LogP contribution in [0.4, 0.5) is 14.5 Å². The van der Waals surface area contributed by atoms with Crippen LogP contribution < -0.4 is 20.9 Å². The molecule has 1 aliphatic rings. The molecule has 0 bridgehead atoms. The van der Waals surface area contributed by atoms with Crippen LogP contribution in [0, 0.1) is 11.6 Å². The van der Waals surface area contributed by atoms with Gasteiger partial charge in [-0.25, -0.2) is 8.78 Å². The number of guanidine groups is 1. The van der Waals surface area contributed by atoms with E-state index in [9.17, 15) is 13.6 Å². The number of hydrogen-bond donors (Lipinski definition) is 3. The Balaban J connectivity index is 1.83. The van der Waals surface area contributed by atoms with Crippen molar-refractivity contribution in [1.82, 2.24) is 16.0 Å². The second kappa shape index (κ2) is 9.19. The van der Waals surface area contributed by atoms with Crippen LogP contribution in [0.3, 0.4) is 0 Å². The van der Waals surface area contributed by atoms with E-state index in [-0.39, 0.29) is 18.5 Å². The van der Waals surface area contributed by atoms with Gasteiger partial charge in [-0.1, -0.05) is 6.92 Å². The lowest BCUT2D eigenvalue weighted by atomic mass is 10.2. The number of carbonyl (C=O) groups is 1. The highest BCUT2D eigenvalue weighted by Gasteiger charge is 2.25.